The Kier molecular flexibility index (Phi) is 10.7. The first-order valence-electron chi connectivity index (χ1n) is 17.8. The molecule has 0 heterocycles. The maximum Gasteiger partial charge on any atom is 2.00 e. The zero-order chi connectivity index (χ0) is 32.2. The van der Waals surface area contributed by atoms with E-state index in [1.165, 1.54) is 36.8 Å². The van der Waals surface area contributed by atoms with E-state index in [0.717, 1.165) is 51.4 Å². The molecular weight excluding hydrogens is 651 g/mol. The van der Waals surface area contributed by atoms with Crippen LogP contribution < -0.4 is 10.2 Å². The van der Waals surface area contributed by atoms with Gasteiger partial charge in [-0.05, 0) is 122 Å². The fourth-order valence-corrected chi connectivity index (χ4v) is 11.2. The van der Waals surface area contributed by atoms with Gasteiger partial charge in [0.05, 0.1) is 0 Å². The zero-order valence-electron chi connectivity index (χ0n) is 29.2. The van der Waals surface area contributed by atoms with E-state index < -0.39 is 22.8 Å². The van der Waals surface area contributed by atoms with Crippen LogP contribution in [0, 0.1) is 57.2 Å². The quantitative estimate of drug-likeness (QED) is 0.280. The second-order valence-corrected chi connectivity index (χ2v) is 17.0. The van der Waals surface area contributed by atoms with Crippen molar-refractivity contribution in [3.63, 3.8) is 0 Å². The maximum absolute atomic E-state index is 11.8. The van der Waals surface area contributed by atoms with Crippen molar-refractivity contribution in [3.8, 4) is 0 Å². The van der Waals surface area contributed by atoms with Gasteiger partial charge < -0.3 is 19.8 Å². The van der Waals surface area contributed by atoms with Gasteiger partial charge in [0, 0.05) is 22.8 Å². The third-order valence-corrected chi connectivity index (χ3v) is 14.1. The van der Waals surface area contributed by atoms with Crippen LogP contribution in [0.1, 0.15) is 132 Å². The molecule has 0 N–H and O–H groups in total. The summed E-state index contributed by atoms with van der Waals surface area (Å²) in [5.74, 6) is 1.08. The fourth-order valence-electron chi connectivity index (χ4n) is 11.2. The third kappa shape index (κ3) is 6.17. The van der Waals surface area contributed by atoms with Crippen LogP contribution in [0.3, 0.4) is 0 Å². The van der Waals surface area contributed by atoms with Crippen molar-refractivity contribution in [2.24, 2.45) is 57.2 Å². The molecule has 252 valence electrons. The largest absolute Gasteiger partial charge is 2.00 e. The van der Waals surface area contributed by atoms with Crippen LogP contribution in [0.4, 0.5) is 0 Å². The molecule has 0 amide bonds. The average Bonchev–Trinajstić information content (AvgIpc) is 2.96. The van der Waals surface area contributed by atoms with E-state index in [9.17, 15) is 19.8 Å². The molecule has 0 spiro atoms. The number of aliphatic carboxylic acids is 2. The molecule has 2 fully saturated rings. The van der Waals surface area contributed by atoms with Gasteiger partial charge in [-0.1, -0.05) is 104 Å². The minimum Gasteiger partial charge on any atom is -0.550 e. The van der Waals surface area contributed by atoms with Crippen LogP contribution in [0.2, 0.25) is 0 Å². The summed E-state index contributed by atoms with van der Waals surface area (Å²) in [7, 11) is 0. The summed E-state index contributed by atoms with van der Waals surface area (Å²) in [6.07, 6.45) is 21.9. The molecule has 8 atom stereocenters. The number of carbonyl (C=O) groups excluding carboxylic acids is 2. The van der Waals surface area contributed by atoms with Gasteiger partial charge in [-0.2, -0.15) is 0 Å². The summed E-state index contributed by atoms with van der Waals surface area (Å²) in [6, 6.07) is 0. The predicted molar refractivity (Wildman–Crippen MR) is 174 cm³/mol. The van der Waals surface area contributed by atoms with Crippen molar-refractivity contribution in [1.82, 2.24) is 0 Å². The summed E-state index contributed by atoms with van der Waals surface area (Å²) in [6.45, 7) is 17.7. The predicted octanol–water partition coefficient (Wildman–Crippen LogP) is 7.74. The number of carboxylic acid groups (broad SMARTS) is 2. The number of rotatable bonds is 4. The van der Waals surface area contributed by atoms with E-state index in [-0.39, 0.29) is 43.1 Å². The molecule has 0 radical (unpaired) electrons. The van der Waals surface area contributed by atoms with Crippen LogP contribution in [-0.4, -0.2) is 11.9 Å². The Hall–Kier alpha value is -1.44. The molecule has 6 aliphatic carbocycles. The monoisotopic (exact) mass is 708 g/mol. The Balaban J connectivity index is 0.000000200. The minimum atomic E-state index is -0.838. The molecule has 45 heavy (non-hydrogen) atoms. The SMILES string of the molecule is CC(C)C1=CC2=CC[C@@H]3[C@](C)(CCC[C@@]3(C)C(=O)[O-])[C@H]2CC1.CC(C)C1=CC2=CC[C@@H]3[C@](C)(CCC[C@@]3(C)C(=O)[O-])[C@H]2CC1.[Pd+2]. The van der Waals surface area contributed by atoms with E-state index in [1.54, 1.807) is 11.1 Å². The van der Waals surface area contributed by atoms with Crippen molar-refractivity contribution in [3.05, 3.63) is 46.6 Å². The number of allylic oxidation sites excluding steroid dienone is 8. The molecule has 4 nitrogen and oxygen atoms in total. The van der Waals surface area contributed by atoms with E-state index in [4.69, 9.17) is 0 Å². The molecule has 2 saturated carbocycles. The molecule has 0 unspecified atom stereocenters. The van der Waals surface area contributed by atoms with Gasteiger partial charge in [0.15, 0.2) is 0 Å². The molecule has 0 saturated heterocycles. The van der Waals surface area contributed by atoms with E-state index in [0.29, 0.717) is 23.7 Å². The molecule has 0 bridgehead atoms. The van der Waals surface area contributed by atoms with E-state index in [1.807, 2.05) is 13.8 Å². The Morgan fingerprint density at radius 1 is 0.667 bits per heavy atom. The second kappa shape index (κ2) is 13.2. The van der Waals surface area contributed by atoms with Gasteiger partial charge in [-0.15, -0.1) is 0 Å². The Bertz CT molecular complexity index is 1190. The smallest absolute Gasteiger partial charge is 0.550 e. The summed E-state index contributed by atoms with van der Waals surface area (Å²) < 4.78 is 0. The van der Waals surface area contributed by atoms with Gasteiger partial charge >= 0.3 is 20.4 Å². The first-order chi connectivity index (χ1) is 20.6. The maximum atomic E-state index is 11.8. The molecule has 0 aromatic rings. The summed E-state index contributed by atoms with van der Waals surface area (Å²) in [4.78, 5) is 23.7. The molecule has 0 aliphatic heterocycles. The Labute approximate surface area is 287 Å². The molecule has 6 rings (SSSR count). The standard InChI is InChI=1S/2C20H30O2.Pd/c2*1-13(2)14-6-8-16-15(12-14)7-9-17-19(16,3)10-5-11-20(17,4)18(21)22;/h2*7,12-13,16-17H,5-6,8-11H2,1-4H3,(H,21,22);/q;;+2/p-2/t2*16-,17+,19+,20+;/m00./s1. The van der Waals surface area contributed by atoms with Gasteiger partial charge in [0.25, 0.3) is 0 Å². The summed E-state index contributed by atoms with van der Waals surface area (Å²) in [5, 5.41) is 23.7. The van der Waals surface area contributed by atoms with Crippen molar-refractivity contribution in [2.75, 3.05) is 0 Å². The van der Waals surface area contributed by atoms with Crippen LogP contribution in [0.15, 0.2) is 46.6 Å². The van der Waals surface area contributed by atoms with Gasteiger partial charge in [0.1, 0.15) is 0 Å². The first kappa shape index (κ1) is 36.4. The summed E-state index contributed by atoms with van der Waals surface area (Å²) >= 11 is 0. The Morgan fingerprint density at radius 3 is 1.33 bits per heavy atom. The molecule has 6 aliphatic rings. The zero-order valence-corrected chi connectivity index (χ0v) is 30.8. The fraction of sp³-hybridized carbons (Fsp3) is 0.750. The molecule has 5 heteroatoms. The average molecular weight is 709 g/mol. The summed E-state index contributed by atoms with van der Waals surface area (Å²) in [5.41, 5.74) is 5.01. The number of hydrogen-bond acceptors (Lipinski definition) is 4. The number of fused-ring (bicyclic) bond motifs is 6. The first-order valence-corrected chi connectivity index (χ1v) is 17.8. The van der Waals surface area contributed by atoms with Gasteiger partial charge in [-0.25, -0.2) is 0 Å². The topological polar surface area (TPSA) is 80.3 Å². The third-order valence-electron chi connectivity index (χ3n) is 14.1. The number of carboxylic acids is 2. The van der Waals surface area contributed by atoms with E-state index in [2.05, 4.69) is 65.8 Å². The molecule has 0 aromatic heterocycles. The van der Waals surface area contributed by atoms with E-state index >= 15 is 0 Å². The van der Waals surface area contributed by atoms with Crippen LogP contribution in [0.5, 0.6) is 0 Å². The second-order valence-electron chi connectivity index (χ2n) is 17.0. The van der Waals surface area contributed by atoms with Crippen molar-refractivity contribution < 1.29 is 40.2 Å². The van der Waals surface area contributed by atoms with Crippen LogP contribution >= 0.6 is 0 Å². The van der Waals surface area contributed by atoms with Crippen LogP contribution in [0.25, 0.3) is 0 Å². The normalized spacial score (nSPS) is 40.4. The molecule has 0 aromatic carbocycles. The van der Waals surface area contributed by atoms with Crippen molar-refractivity contribution >= 4 is 11.9 Å². The van der Waals surface area contributed by atoms with Gasteiger partial charge in [0.2, 0.25) is 0 Å². The van der Waals surface area contributed by atoms with Gasteiger partial charge in [-0.3, -0.25) is 0 Å². The molecular formula is C40H58O4Pd. The van der Waals surface area contributed by atoms with Crippen molar-refractivity contribution in [1.29, 1.82) is 0 Å². The minimum absolute atomic E-state index is 0. The number of carbonyl (C=O) groups is 2. The number of hydrogen-bond donors (Lipinski definition) is 0. The van der Waals surface area contributed by atoms with Crippen molar-refractivity contribution in [2.45, 2.75) is 132 Å². The Morgan fingerprint density at radius 2 is 1.02 bits per heavy atom. The van der Waals surface area contributed by atoms with Crippen LogP contribution in [-0.2, 0) is 30.0 Å².